The fourth-order valence-electron chi connectivity index (χ4n) is 2.91. The zero-order valence-corrected chi connectivity index (χ0v) is 12.8. The summed E-state index contributed by atoms with van der Waals surface area (Å²) in [6.07, 6.45) is 2.31. The van der Waals surface area contributed by atoms with E-state index in [1.807, 2.05) is 24.3 Å². The molecule has 20 heavy (non-hydrogen) atoms. The third-order valence-corrected chi connectivity index (χ3v) is 4.54. The highest BCUT2D eigenvalue weighted by atomic mass is 16.5. The molecule has 0 bridgehead atoms. The van der Waals surface area contributed by atoms with Crippen LogP contribution >= 0.6 is 0 Å². The van der Waals surface area contributed by atoms with Gasteiger partial charge in [-0.1, -0.05) is 20.8 Å². The highest BCUT2D eigenvalue weighted by molar-refractivity contribution is 5.92. The second-order valence-electron chi connectivity index (χ2n) is 5.83. The van der Waals surface area contributed by atoms with Crippen molar-refractivity contribution in [2.45, 2.75) is 39.7 Å². The number of methoxy groups -OCH3 is 1. The van der Waals surface area contributed by atoms with Crippen LogP contribution in [0.3, 0.4) is 0 Å². The Labute approximate surface area is 121 Å². The maximum absolute atomic E-state index is 6.00. The zero-order chi connectivity index (χ0) is 14.8. The van der Waals surface area contributed by atoms with Gasteiger partial charge in [0, 0.05) is 5.69 Å². The summed E-state index contributed by atoms with van der Waals surface area (Å²) in [6, 6.07) is 8.03. The second-order valence-corrected chi connectivity index (χ2v) is 5.83. The number of nitrogens with zero attached hydrogens (tertiary/aromatic N) is 1. The second kappa shape index (κ2) is 5.73. The van der Waals surface area contributed by atoms with Gasteiger partial charge in [-0.15, -0.1) is 0 Å². The van der Waals surface area contributed by atoms with Gasteiger partial charge in [0.1, 0.15) is 5.75 Å². The summed E-state index contributed by atoms with van der Waals surface area (Å²) >= 11 is 0. The van der Waals surface area contributed by atoms with Gasteiger partial charge in [-0.2, -0.15) is 0 Å². The minimum atomic E-state index is 0.353. The van der Waals surface area contributed by atoms with E-state index in [2.05, 4.69) is 31.1 Å². The number of hydrogen-bond donors (Lipinski definition) is 2. The number of benzene rings is 1. The van der Waals surface area contributed by atoms with Crippen LogP contribution in [0.2, 0.25) is 0 Å². The summed E-state index contributed by atoms with van der Waals surface area (Å²) in [6.45, 7) is 6.78. The van der Waals surface area contributed by atoms with Gasteiger partial charge in [0.15, 0.2) is 5.96 Å². The normalized spacial score (nSPS) is 25.6. The Morgan fingerprint density at radius 1 is 1.45 bits per heavy atom. The molecule has 0 spiro atoms. The van der Waals surface area contributed by atoms with Gasteiger partial charge in [0.05, 0.1) is 13.2 Å². The Kier molecular flexibility index (Phi) is 4.21. The maximum Gasteiger partial charge on any atom is 0.193 e. The van der Waals surface area contributed by atoms with E-state index in [1.165, 1.54) is 0 Å². The van der Waals surface area contributed by atoms with Crippen LogP contribution < -0.4 is 15.8 Å². The fourth-order valence-corrected chi connectivity index (χ4v) is 2.91. The lowest BCUT2D eigenvalue weighted by molar-refractivity contribution is 0.335. The molecule has 2 rings (SSSR count). The van der Waals surface area contributed by atoms with Crippen LogP contribution in [0.15, 0.2) is 29.3 Å². The first kappa shape index (κ1) is 14.7. The number of ether oxygens (including phenoxy) is 1. The van der Waals surface area contributed by atoms with Crippen LogP contribution in [0.1, 0.15) is 33.6 Å². The molecular weight excluding hydrogens is 250 g/mol. The largest absolute Gasteiger partial charge is 0.497 e. The third-order valence-electron chi connectivity index (χ3n) is 4.54. The lowest BCUT2D eigenvalue weighted by atomic mass is 9.89. The van der Waals surface area contributed by atoms with Crippen molar-refractivity contribution in [2.75, 3.05) is 12.4 Å². The van der Waals surface area contributed by atoms with E-state index in [9.17, 15) is 0 Å². The van der Waals surface area contributed by atoms with Crippen LogP contribution in [0.5, 0.6) is 5.75 Å². The zero-order valence-electron chi connectivity index (χ0n) is 12.8. The van der Waals surface area contributed by atoms with Gasteiger partial charge in [-0.3, -0.25) is 0 Å². The Bertz CT molecular complexity index is 481. The molecule has 4 nitrogen and oxygen atoms in total. The molecule has 1 aliphatic rings. The molecule has 1 aromatic rings. The minimum Gasteiger partial charge on any atom is -0.497 e. The molecule has 2 atom stereocenters. The minimum absolute atomic E-state index is 0.353. The number of rotatable bonds is 5. The molecule has 1 aliphatic carbocycles. The Hall–Kier alpha value is -1.71. The summed E-state index contributed by atoms with van der Waals surface area (Å²) in [7, 11) is 1.65. The number of nitrogens with one attached hydrogen (secondary N) is 1. The van der Waals surface area contributed by atoms with Crippen LogP contribution in [-0.4, -0.2) is 19.1 Å². The van der Waals surface area contributed by atoms with Crippen molar-refractivity contribution in [3.8, 4) is 5.75 Å². The van der Waals surface area contributed by atoms with Crippen molar-refractivity contribution in [1.82, 2.24) is 0 Å². The smallest absolute Gasteiger partial charge is 0.193 e. The van der Waals surface area contributed by atoms with E-state index in [0.29, 0.717) is 23.3 Å². The van der Waals surface area contributed by atoms with E-state index in [1.54, 1.807) is 7.11 Å². The number of guanidine groups is 1. The van der Waals surface area contributed by atoms with Gasteiger partial charge in [-0.05, 0) is 48.4 Å². The number of aliphatic imine (C=N–C) groups is 1. The van der Waals surface area contributed by atoms with Crippen LogP contribution in [0.4, 0.5) is 5.69 Å². The highest BCUT2D eigenvalue weighted by Gasteiger charge is 2.54. The van der Waals surface area contributed by atoms with Gasteiger partial charge in [-0.25, -0.2) is 4.99 Å². The van der Waals surface area contributed by atoms with E-state index in [4.69, 9.17) is 10.5 Å². The van der Waals surface area contributed by atoms with Gasteiger partial charge >= 0.3 is 0 Å². The van der Waals surface area contributed by atoms with E-state index in [0.717, 1.165) is 24.3 Å². The molecule has 0 radical (unpaired) electrons. The molecule has 0 aromatic heterocycles. The molecule has 110 valence electrons. The maximum atomic E-state index is 6.00. The monoisotopic (exact) mass is 275 g/mol. The molecule has 0 saturated heterocycles. The molecule has 4 heteroatoms. The average Bonchev–Trinajstić information content (AvgIpc) is 3.14. The quantitative estimate of drug-likeness (QED) is 0.640. The van der Waals surface area contributed by atoms with Gasteiger partial charge < -0.3 is 15.8 Å². The highest BCUT2D eigenvalue weighted by Crippen LogP contribution is 2.56. The molecule has 0 aliphatic heterocycles. The number of anilines is 1. The molecule has 1 aromatic carbocycles. The van der Waals surface area contributed by atoms with Crippen molar-refractivity contribution in [3.63, 3.8) is 0 Å². The Morgan fingerprint density at radius 2 is 2.10 bits per heavy atom. The van der Waals surface area contributed by atoms with Crippen molar-refractivity contribution in [2.24, 2.45) is 22.1 Å². The van der Waals surface area contributed by atoms with Gasteiger partial charge in [0.25, 0.3) is 0 Å². The first-order valence-corrected chi connectivity index (χ1v) is 7.26. The SMILES string of the molecule is CCC1(C(C)C)CC1N=C(N)Nc1ccc(OC)cc1. The standard InChI is InChI=1S/C16H25N3O/c1-5-16(11(2)3)10-14(16)19-15(17)18-12-6-8-13(20-4)9-7-12/h6-9,11,14H,5,10H2,1-4H3,(H3,17,18,19). The van der Waals surface area contributed by atoms with Crippen LogP contribution in [-0.2, 0) is 0 Å². The molecule has 1 saturated carbocycles. The number of hydrogen-bond acceptors (Lipinski definition) is 2. The van der Waals surface area contributed by atoms with Crippen molar-refractivity contribution in [1.29, 1.82) is 0 Å². The van der Waals surface area contributed by atoms with Crippen LogP contribution in [0.25, 0.3) is 0 Å². The molecule has 0 heterocycles. The Morgan fingerprint density at radius 3 is 2.55 bits per heavy atom. The first-order valence-electron chi connectivity index (χ1n) is 7.26. The van der Waals surface area contributed by atoms with Crippen molar-refractivity contribution >= 4 is 11.6 Å². The lowest BCUT2D eigenvalue weighted by Gasteiger charge is -2.18. The van der Waals surface area contributed by atoms with Gasteiger partial charge in [0.2, 0.25) is 0 Å². The van der Waals surface area contributed by atoms with E-state index < -0.39 is 0 Å². The summed E-state index contributed by atoms with van der Waals surface area (Å²) in [4.78, 5) is 4.62. The van der Waals surface area contributed by atoms with E-state index >= 15 is 0 Å². The molecular formula is C16H25N3O. The topological polar surface area (TPSA) is 59.6 Å². The third kappa shape index (κ3) is 2.89. The molecule has 1 fully saturated rings. The fraction of sp³-hybridized carbons (Fsp3) is 0.562. The molecule has 0 amide bonds. The molecule has 3 N–H and O–H groups in total. The van der Waals surface area contributed by atoms with Crippen molar-refractivity contribution < 1.29 is 4.74 Å². The average molecular weight is 275 g/mol. The number of nitrogens with two attached hydrogens (primary N) is 1. The Balaban J connectivity index is 1.98. The predicted octanol–water partition coefficient (Wildman–Crippen LogP) is 3.25. The lowest BCUT2D eigenvalue weighted by Crippen LogP contribution is -2.24. The molecule has 2 unspecified atom stereocenters. The predicted molar refractivity (Wildman–Crippen MR) is 84.2 cm³/mol. The summed E-state index contributed by atoms with van der Waals surface area (Å²) < 4.78 is 5.13. The first-order chi connectivity index (χ1) is 9.51. The summed E-state index contributed by atoms with van der Waals surface area (Å²) in [5.41, 5.74) is 7.28. The van der Waals surface area contributed by atoms with E-state index in [-0.39, 0.29) is 0 Å². The van der Waals surface area contributed by atoms with Crippen molar-refractivity contribution in [3.05, 3.63) is 24.3 Å². The summed E-state index contributed by atoms with van der Waals surface area (Å²) in [5, 5.41) is 3.14. The summed E-state index contributed by atoms with van der Waals surface area (Å²) in [5.74, 6) is 1.98. The van der Waals surface area contributed by atoms with Crippen LogP contribution in [0, 0.1) is 11.3 Å².